The van der Waals surface area contributed by atoms with Gasteiger partial charge < -0.3 is 20.4 Å². The van der Waals surface area contributed by atoms with Crippen molar-refractivity contribution in [1.29, 1.82) is 0 Å². The number of hydrogen-bond acceptors (Lipinski definition) is 4. The van der Waals surface area contributed by atoms with E-state index in [-0.39, 0.29) is 0 Å². The zero-order valence-corrected chi connectivity index (χ0v) is 9.61. The molecule has 1 rings (SSSR count). The molecule has 0 aromatic heterocycles. The Morgan fingerprint density at radius 2 is 1.80 bits per heavy atom. The summed E-state index contributed by atoms with van der Waals surface area (Å²) in [7, 11) is -2.91. The molecule has 0 saturated heterocycles. The van der Waals surface area contributed by atoms with E-state index < -0.39 is 20.9 Å². The van der Waals surface area contributed by atoms with Gasteiger partial charge in [-0.25, -0.2) is 0 Å². The predicted molar refractivity (Wildman–Crippen MR) is 60.4 cm³/mol. The van der Waals surface area contributed by atoms with Gasteiger partial charge in [-0.2, -0.15) is 0 Å². The van der Waals surface area contributed by atoms with Crippen LogP contribution in [-0.4, -0.2) is 36.6 Å². The van der Waals surface area contributed by atoms with Crippen molar-refractivity contribution >= 4 is 9.28 Å². The Morgan fingerprint density at radius 3 is 2.27 bits per heavy atom. The minimum atomic E-state index is -2.91. The number of aliphatic hydroxyl groups excluding tert-OH is 1. The summed E-state index contributed by atoms with van der Waals surface area (Å²) in [4.78, 5) is 18.7. The van der Waals surface area contributed by atoms with Crippen LogP contribution in [0.1, 0.15) is 17.5 Å². The molecular formula is C10H17NO3Si. The largest absolute Gasteiger partial charge is 0.413 e. The molecule has 0 radical (unpaired) electrons. The fraction of sp³-hybridized carbons (Fsp3) is 0.400. The molecule has 1 aromatic rings. The zero-order valence-electron chi connectivity index (χ0n) is 8.45. The fourth-order valence-corrected chi connectivity index (χ4v) is 2.77. The number of benzene rings is 1. The molecule has 1 aromatic carbocycles. The molecular weight excluding hydrogens is 210 g/mol. The normalized spacial score (nSPS) is 15.3. The first-order chi connectivity index (χ1) is 7.16. The molecule has 15 heavy (non-hydrogen) atoms. The first kappa shape index (κ1) is 12.3. The van der Waals surface area contributed by atoms with Gasteiger partial charge in [0.2, 0.25) is 0 Å². The second-order valence-electron chi connectivity index (χ2n) is 3.49. The quantitative estimate of drug-likeness (QED) is 0.497. The van der Waals surface area contributed by atoms with Gasteiger partial charge in [0.15, 0.2) is 0 Å². The highest BCUT2D eigenvalue weighted by Crippen LogP contribution is 2.22. The molecule has 0 amide bonds. The minimum Gasteiger partial charge on any atom is -0.413 e. The van der Waals surface area contributed by atoms with Gasteiger partial charge in [-0.3, -0.25) is 0 Å². The van der Waals surface area contributed by atoms with Crippen LogP contribution in [0, 0.1) is 0 Å². The standard InChI is InChI=1S/C10H17NO3Si/c11-7-6-9(12)10(15(13)14)8-4-2-1-3-5-8/h1-5,9-10,12-15H,6-7,11H2. The Bertz CT molecular complexity index is 281. The molecule has 0 spiro atoms. The molecule has 0 aliphatic rings. The maximum Gasteiger partial charge on any atom is 0.326 e. The maximum absolute atomic E-state index is 9.77. The molecule has 0 aliphatic heterocycles. The topological polar surface area (TPSA) is 86.7 Å². The lowest BCUT2D eigenvalue weighted by molar-refractivity contribution is 0.147. The minimum absolute atomic E-state index is 0.339. The molecule has 84 valence electrons. The van der Waals surface area contributed by atoms with E-state index in [2.05, 4.69) is 0 Å². The zero-order chi connectivity index (χ0) is 11.3. The van der Waals surface area contributed by atoms with Crippen LogP contribution in [0.2, 0.25) is 0 Å². The summed E-state index contributed by atoms with van der Waals surface area (Å²) in [5, 5.41) is 9.77. The second-order valence-corrected chi connectivity index (χ2v) is 5.04. The van der Waals surface area contributed by atoms with E-state index in [0.717, 1.165) is 5.56 Å². The highest BCUT2D eigenvalue weighted by molar-refractivity contribution is 6.43. The third-order valence-electron chi connectivity index (χ3n) is 2.38. The molecule has 4 nitrogen and oxygen atoms in total. The lowest BCUT2D eigenvalue weighted by Gasteiger charge is -2.23. The maximum atomic E-state index is 9.77. The van der Waals surface area contributed by atoms with E-state index in [1.807, 2.05) is 18.2 Å². The van der Waals surface area contributed by atoms with Gasteiger partial charge in [0.05, 0.1) is 11.6 Å². The summed E-state index contributed by atoms with van der Waals surface area (Å²) >= 11 is 0. The van der Waals surface area contributed by atoms with E-state index in [4.69, 9.17) is 5.73 Å². The van der Waals surface area contributed by atoms with Crippen LogP contribution < -0.4 is 5.73 Å². The Labute approximate surface area is 90.8 Å². The van der Waals surface area contributed by atoms with E-state index in [0.29, 0.717) is 13.0 Å². The number of hydrogen-bond donors (Lipinski definition) is 4. The summed E-state index contributed by atoms with van der Waals surface area (Å²) in [5.41, 5.74) is 5.54. The van der Waals surface area contributed by atoms with Crippen molar-refractivity contribution in [1.82, 2.24) is 0 Å². The van der Waals surface area contributed by atoms with E-state index in [9.17, 15) is 14.7 Å². The summed E-state index contributed by atoms with van der Waals surface area (Å²) in [6.07, 6.45) is -0.395. The second kappa shape index (κ2) is 5.99. The third kappa shape index (κ3) is 3.40. The van der Waals surface area contributed by atoms with Gasteiger partial charge in [0.25, 0.3) is 0 Å². The SMILES string of the molecule is NCCC(O)C(c1ccccc1)[SiH](O)O. The number of rotatable bonds is 5. The van der Waals surface area contributed by atoms with Crippen LogP contribution in [0.15, 0.2) is 30.3 Å². The lowest BCUT2D eigenvalue weighted by Crippen LogP contribution is -2.34. The molecule has 0 fully saturated rings. The van der Waals surface area contributed by atoms with Crippen molar-refractivity contribution in [2.24, 2.45) is 5.73 Å². The molecule has 0 aliphatic carbocycles. The van der Waals surface area contributed by atoms with Crippen molar-refractivity contribution in [3.05, 3.63) is 35.9 Å². The molecule has 5 N–H and O–H groups in total. The molecule has 0 heterocycles. The third-order valence-corrected chi connectivity index (χ3v) is 3.85. The van der Waals surface area contributed by atoms with Crippen molar-refractivity contribution in [3.63, 3.8) is 0 Å². The van der Waals surface area contributed by atoms with Gasteiger partial charge in [-0.1, -0.05) is 30.3 Å². The van der Waals surface area contributed by atoms with Crippen molar-refractivity contribution < 1.29 is 14.7 Å². The van der Waals surface area contributed by atoms with Crippen LogP contribution >= 0.6 is 0 Å². The number of aliphatic hydroxyl groups is 1. The first-order valence-corrected chi connectivity index (χ1v) is 6.66. The molecule has 5 heteroatoms. The summed E-state index contributed by atoms with van der Waals surface area (Å²) < 4.78 is 0. The van der Waals surface area contributed by atoms with E-state index >= 15 is 0 Å². The molecule has 0 bridgehead atoms. The summed E-state index contributed by atoms with van der Waals surface area (Å²) in [6.45, 7) is 0.339. The van der Waals surface area contributed by atoms with Crippen molar-refractivity contribution in [3.8, 4) is 0 Å². The van der Waals surface area contributed by atoms with Gasteiger partial charge >= 0.3 is 9.28 Å². The molecule has 0 saturated carbocycles. The Hall–Kier alpha value is -0.723. The van der Waals surface area contributed by atoms with Crippen molar-refractivity contribution in [2.75, 3.05) is 6.54 Å². The van der Waals surface area contributed by atoms with Crippen LogP contribution in [0.25, 0.3) is 0 Å². The van der Waals surface area contributed by atoms with Gasteiger partial charge in [0, 0.05) is 0 Å². The Balaban J connectivity index is 2.83. The summed E-state index contributed by atoms with van der Waals surface area (Å²) in [6, 6.07) is 9.05. The monoisotopic (exact) mass is 227 g/mol. The van der Waals surface area contributed by atoms with Crippen LogP contribution in [0.3, 0.4) is 0 Å². The summed E-state index contributed by atoms with van der Waals surface area (Å²) in [5.74, 6) is 0. The fourth-order valence-electron chi connectivity index (χ4n) is 1.62. The first-order valence-electron chi connectivity index (χ1n) is 4.96. The van der Waals surface area contributed by atoms with E-state index in [1.165, 1.54) is 0 Å². The molecule has 2 atom stereocenters. The van der Waals surface area contributed by atoms with E-state index in [1.54, 1.807) is 12.1 Å². The predicted octanol–water partition coefficient (Wildman–Crippen LogP) is -0.776. The molecule has 2 unspecified atom stereocenters. The number of nitrogens with two attached hydrogens (primary N) is 1. The van der Waals surface area contributed by atoms with Crippen molar-refractivity contribution in [2.45, 2.75) is 18.1 Å². The average Bonchev–Trinajstić information content (AvgIpc) is 2.19. The lowest BCUT2D eigenvalue weighted by atomic mass is 10.1. The Kier molecular flexibility index (Phi) is 4.93. The van der Waals surface area contributed by atoms with Gasteiger partial charge in [0.1, 0.15) is 0 Å². The van der Waals surface area contributed by atoms with Gasteiger partial charge in [-0.15, -0.1) is 0 Å². The van der Waals surface area contributed by atoms with Gasteiger partial charge in [-0.05, 0) is 18.5 Å². The van der Waals surface area contributed by atoms with Crippen LogP contribution in [-0.2, 0) is 0 Å². The average molecular weight is 227 g/mol. The Morgan fingerprint density at radius 1 is 1.20 bits per heavy atom. The highest BCUT2D eigenvalue weighted by atomic mass is 28.3. The highest BCUT2D eigenvalue weighted by Gasteiger charge is 2.28. The van der Waals surface area contributed by atoms with Crippen LogP contribution in [0.4, 0.5) is 0 Å². The smallest absolute Gasteiger partial charge is 0.326 e. The van der Waals surface area contributed by atoms with Crippen LogP contribution in [0.5, 0.6) is 0 Å².